The molecule has 1 rings (SSSR count). The molecule has 0 radical (unpaired) electrons. The lowest BCUT2D eigenvalue weighted by Crippen LogP contribution is -2.71. The van der Waals surface area contributed by atoms with Gasteiger partial charge in [-0.3, -0.25) is 0 Å². The van der Waals surface area contributed by atoms with Gasteiger partial charge in [0.1, 0.15) is 5.60 Å². The van der Waals surface area contributed by atoms with Crippen LogP contribution < -0.4 is 0 Å². The van der Waals surface area contributed by atoms with Crippen LogP contribution in [0.15, 0.2) is 12.2 Å². The van der Waals surface area contributed by atoms with Crippen molar-refractivity contribution >= 4 is 12.1 Å². The first-order valence-electron chi connectivity index (χ1n) is 7.16. The maximum Gasteiger partial charge on any atom is 0.511 e. The number of ether oxygens (including phenoxy) is 4. The molecule has 23 heavy (non-hydrogen) atoms. The van der Waals surface area contributed by atoms with Crippen LogP contribution in [0.2, 0.25) is 0 Å². The Morgan fingerprint density at radius 1 is 1.13 bits per heavy atom. The van der Waals surface area contributed by atoms with Crippen molar-refractivity contribution in [2.75, 3.05) is 0 Å². The summed E-state index contributed by atoms with van der Waals surface area (Å²) in [7, 11) is 0. The van der Waals surface area contributed by atoms with Gasteiger partial charge in [-0.05, 0) is 41.5 Å². The molecule has 0 aliphatic carbocycles. The van der Waals surface area contributed by atoms with Gasteiger partial charge >= 0.3 is 23.9 Å². The van der Waals surface area contributed by atoms with Gasteiger partial charge in [-0.2, -0.15) is 4.89 Å². The average Bonchev–Trinajstić information content (AvgIpc) is 2.33. The van der Waals surface area contributed by atoms with E-state index in [0.29, 0.717) is 0 Å². The first-order valence-corrected chi connectivity index (χ1v) is 7.16. The number of hydrogen-bond acceptors (Lipinski definition) is 8. The van der Waals surface area contributed by atoms with Crippen LogP contribution in [0.3, 0.4) is 0 Å². The Morgan fingerprint density at radius 2 is 1.70 bits per heavy atom. The number of carbonyl (C=O) groups is 2. The molecule has 1 heterocycles. The molecular weight excluding hydrogens is 308 g/mol. The Labute approximate surface area is 135 Å². The SMILES string of the molecule is C=C(C)C(=O)OC1(OC(C)C)OOC1(C)OC(=O)OC(C)(C)C. The number of esters is 1. The molecule has 132 valence electrons. The largest absolute Gasteiger partial charge is 0.511 e. The summed E-state index contributed by atoms with van der Waals surface area (Å²) in [6, 6.07) is 0. The van der Waals surface area contributed by atoms with Crippen LogP contribution in [0.5, 0.6) is 0 Å². The van der Waals surface area contributed by atoms with E-state index in [-0.39, 0.29) is 5.57 Å². The predicted molar refractivity (Wildman–Crippen MR) is 77.8 cm³/mol. The highest BCUT2D eigenvalue weighted by molar-refractivity contribution is 5.87. The van der Waals surface area contributed by atoms with Gasteiger partial charge in [0, 0.05) is 12.5 Å². The van der Waals surface area contributed by atoms with Crippen molar-refractivity contribution in [3.05, 3.63) is 12.2 Å². The second-order valence-corrected chi connectivity index (χ2v) is 6.57. The number of carbonyl (C=O) groups excluding carboxylic acids is 2. The molecular formula is C15H24O8. The van der Waals surface area contributed by atoms with E-state index in [1.54, 1.807) is 34.6 Å². The normalized spacial score (nSPS) is 27.1. The molecule has 8 heteroatoms. The summed E-state index contributed by atoms with van der Waals surface area (Å²) in [4.78, 5) is 33.4. The van der Waals surface area contributed by atoms with Crippen LogP contribution in [0.1, 0.15) is 48.5 Å². The zero-order chi connectivity index (χ0) is 18.1. The van der Waals surface area contributed by atoms with E-state index in [9.17, 15) is 9.59 Å². The Morgan fingerprint density at radius 3 is 2.04 bits per heavy atom. The first kappa shape index (κ1) is 19.4. The first-order chi connectivity index (χ1) is 10.3. The molecule has 8 nitrogen and oxygen atoms in total. The van der Waals surface area contributed by atoms with Crippen LogP contribution in [-0.4, -0.2) is 35.6 Å². The minimum Gasteiger partial charge on any atom is -0.428 e. The van der Waals surface area contributed by atoms with E-state index in [1.165, 1.54) is 13.8 Å². The Hall–Kier alpha value is -1.64. The van der Waals surface area contributed by atoms with Gasteiger partial charge in [0.05, 0.1) is 6.10 Å². The third kappa shape index (κ3) is 4.66. The standard InChI is InChI=1S/C15H24O8/c1-9(2)11(16)19-15(18-10(3)4)14(8,22-23-15)21-12(17)20-13(5,6)7/h10H,1H2,2-8H3. The molecule has 1 aliphatic rings. The van der Waals surface area contributed by atoms with Gasteiger partial charge in [0.15, 0.2) is 0 Å². The lowest BCUT2D eigenvalue weighted by atomic mass is 10.2. The van der Waals surface area contributed by atoms with E-state index < -0.39 is 35.6 Å². The van der Waals surface area contributed by atoms with E-state index in [4.69, 9.17) is 28.7 Å². The van der Waals surface area contributed by atoms with Crippen LogP contribution in [0, 0.1) is 0 Å². The molecule has 2 atom stereocenters. The lowest BCUT2D eigenvalue weighted by molar-refractivity contribution is -0.698. The summed E-state index contributed by atoms with van der Waals surface area (Å²) in [6.07, 6.45) is -1.44. The van der Waals surface area contributed by atoms with Gasteiger partial charge in [0.2, 0.25) is 0 Å². The van der Waals surface area contributed by atoms with Crippen LogP contribution in [-0.2, 0) is 33.5 Å². The fourth-order valence-corrected chi connectivity index (χ4v) is 1.52. The van der Waals surface area contributed by atoms with Gasteiger partial charge in [0.25, 0.3) is 0 Å². The molecule has 0 aromatic heterocycles. The van der Waals surface area contributed by atoms with Gasteiger partial charge in [-0.25, -0.2) is 9.59 Å². The van der Waals surface area contributed by atoms with Crippen molar-refractivity contribution < 1.29 is 38.3 Å². The predicted octanol–water partition coefficient (Wildman–Crippen LogP) is 2.81. The van der Waals surface area contributed by atoms with Crippen molar-refractivity contribution in [3.63, 3.8) is 0 Å². The molecule has 1 saturated heterocycles. The van der Waals surface area contributed by atoms with Crippen LogP contribution >= 0.6 is 0 Å². The summed E-state index contributed by atoms with van der Waals surface area (Å²) in [6.45, 7) is 14.7. The van der Waals surface area contributed by atoms with E-state index in [0.717, 1.165) is 0 Å². The topological polar surface area (TPSA) is 89.5 Å². The molecule has 1 fully saturated rings. The molecule has 0 amide bonds. The van der Waals surface area contributed by atoms with Crippen LogP contribution in [0.25, 0.3) is 0 Å². The van der Waals surface area contributed by atoms with Crippen molar-refractivity contribution in [1.82, 2.24) is 0 Å². The molecule has 0 spiro atoms. The molecule has 0 N–H and O–H groups in total. The highest BCUT2D eigenvalue weighted by Gasteiger charge is 2.71. The van der Waals surface area contributed by atoms with Gasteiger partial charge in [-0.15, -0.1) is 4.89 Å². The fraction of sp³-hybridized carbons (Fsp3) is 0.733. The smallest absolute Gasteiger partial charge is 0.428 e. The van der Waals surface area contributed by atoms with Gasteiger partial charge in [-0.1, -0.05) is 6.58 Å². The maximum absolute atomic E-state index is 11.9. The van der Waals surface area contributed by atoms with Gasteiger partial charge < -0.3 is 18.9 Å². The fourth-order valence-electron chi connectivity index (χ4n) is 1.52. The zero-order valence-electron chi connectivity index (χ0n) is 14.6. The summed E-state index contributed by atoms with van der Waals surface area (Å²) in [5.41, 5.74) is -0.652. The molecule has 0 aromatic carbocycles. The number of hydrogen-bond donors (Lipinski definition) is 0. The van der Waals surface area contributed by atoms with Crippen molar-refractivity contribution in [2.45, 2.75) is 71.9 Å². The Bertz CT molecular complexity index is 492. The molecule has 0 aromatic rings. The minimum atomic E-state index is -2.05. The van der Waals surface area contributed by atoms with Crippen molar-refractivity contribution in [2.24, 2.45) is 0 Å². The average molecular weight is 332 g/mol. The van der Waals surface area contributed by atoms with E-state index >= 15 is 0 Å². The quantitative estimate of drug-likeness (QED) is 0.328. The number of rotatable bonds is 5. The highest BCUT2D eigenvalue weighted by atomic mass is 17.3. The molecule has 2 unspecified atom stereocenters. The third-order valence-electron chi connectivity index (χ3n) is 2.50. The molecule has 0 saturated carbocycles. The van der Waals surface area contributed by atoms with E-state index in [1.807, 2.05) is 0 Å². The minimum absolute atomic E-state index is 0.117. The summed E-state index contributed by atoms with van der Waals surface area (Å²) in [5, 5.41) is 0. The molecule has 0 bridgehead atoms. The Kier molecular flexibility index (Phi) is 5.45. The summed E-state index contributed by atoms with van der Waals surface area (Å²) >= 11 is 0. The Balaban J connectivity index is 2.95. The second-order valence-electron chi connectivity index (χ2n) is 6.57. The monoisotopic (exact) mass is 332 g/mol. The third-order valence-corrected chi connectivity index (χ3v) is 2.50. The van der Waals surface area contributed by atoms with E-state index in [2.05, 4.69) is 6.58 Å². The van der Waals surface area contributed by atoms with Crippen molar-refractivity contribution in [3.8, 4) is 0 Å². The van der Waals surface area contributed by atoms with Crippen molar-refractivity contribution in [1.29, 1.82) is 0 Å². The highest BCUT2D eigenvalue weighted by Crippen LogP contribution is 2.45. The second kappa shape index (κ2) is 6.46. The lowest BCUT2D eigenvalue weighted by Gasteiger charge is -2.49. The summed E-state index contributed by atoms with van der Waals surface area (Å²) in [5.74, 6) is -4.66. The maximum atomic E-state index is 11.9. The zero-order valence-corrected chi connectivity index (χ0v) is 14.6. The molecule has 1 aliphatic heterocycles. The van der Waals surface area contributed by atoms with Crippen LogP contribution in [0.4, 0.5) is 4.79 Å². The summed E-state index contributed by atoms with van der Waals surface area (Å²) < 4.78 is 20.8.